The minimum atomic E-state index is 0.594. The van der Waals surface area contributed by atoms with Crippen LogP contribution in [0.2, 0.25) is 10.0 Å². The molecule has 0 aliphatic rings. The van der Waals surface area contributed by atoms with Gasteiger partial charge in [0.2, 0.25) is 5.75 Å². The van der Waals surface area contributed by atoms with Crippen LogP contribution in [0.1, 0.15) is 11.1 Å². The van der Waals surface area contributed by atoms with Crippen LogP contribution < -0.4 is 19.5 Å². The normalized spacial score (nSPS) is 10.5. The third-order valence-corrected chi connectivity index (χ3v) is 4.23. The number of nitrogens with one attached hydrogen (secondary N) is 1. The summed E-state index contributed by atoms with van der Waals surface area (Å²) >= 11 is 12.1. The number of benzene rings is 2. The maximum absolute atomic E-state index is 6.18. The first-order chi connectivity index (χ1) is 11.6. The number of hydrogen-bond donors (Lipinski definition) is 1. The van der Waals surface area contributed by atoms with E-state index < -0.39 is 0 Å². The van der Waals surface area contributed by atoms with Crippen molar-refractivity contribution in [2.45, 2.75) is 13.0 Å². The Morgan fingerprint density at radius 1 is 0.917 bits per heavy atom. The number of hydrogen-bond acceptors (Lipinski definition) is 4. The number of methoxy groups -OCH3 is 3. The smallest absolute Gasteiger partial charge is 0.203 e. The zero-order valence-corrected chi connectivity index (χ0v) is 15.5. The van der Waals surface area contributed by atoms with E-state index in [1.807, 2.05) is 24.3 Å². The summed E-state index contributed by atoms with van der Waals surface area (Å²) in [6.07, 6.45) is 0.820. The molecule has 0 spiro atoms. The van der Waals surface area contributed by atoms with E-state index in [1.54, 1.807) is 27.4 Å². The zero-order chi connectivity index (χ0) is 17.5. The Labute approximate surface area is 152 Å². The van der Waals surface area contributed by atoms with Crippen molar-refractivity contribution in [1.29, 1.82) is 0 Å². The van der Waals surface area contributed by atoms with Crippen LogP contribution in [0.3, 0.4) is 0 Å². The first kappa shape index (κ1) is 18.7. The van der Waals surface area contributed by atoms with Gasteiger partial charge in [-0.15, -0.1) is 0 Å². The summed E-state index contributed by atoms with van der Waals surface area (Å²) in [7, 11) is 4.81. The van der Waals surface area contributed by atoms with Crippen molar-refractivity contribution in [3.8, 4) is 17.2 Å². The molecule has 0 atom stereocenters. The van der Waals surface area contributed by atoms with Gasteiger partial charge in [0.15, 0.2) is 11.5 Å². The fourth-order valence-electron chi connectivity index (χ4n) is 2.42. The van der Waals surface area contributed by atoms with Crippen molar-refractivity contribution in [2.24, 2.45) is 0 Å². The molecule has 0 fully saturated rings. The molecule has 2 rings (SSSR count). The predicted octanol–water partition coefficient (Wildman–Crippen LogP) is 4.35. The summed E-state index contributed by atoms with van der Waals surface area (Å²) in [6.45, 7) is 1.47. The average molecular weight is 370 g/mol. The van der Waals surface area contributed by atoms with E-state index >= 15 is 0 Å². The molecule has 1 N–H and O–H groups in total. The molecule has 0 amide bonds. The minimum Gasteiger partial charge on any atom is -0.493 e. The van der Waals surface area contributed by atoms with Crippen molar-refractivity contribution in [3.63, 3.8) is 0 Å². The Bertz CT molecular complexity index is 667. The number of ether oxygens (including phenoxy) is 3. The van der Waals surface area contributed by atoms with Crippen molar-refractivity contribution < 1.29 is 14.2 Å². The van der Waals surface area contributed by atoms with Crippen LogP contribution in [0.4, 0.5) is 0 Å². The first-order valence-corrected chi connectivity index (χ1v) is 8.28. The van der Waals surface area contributed by atoms with Crippen molar-refractivity contribution in [2.75, 3.05) is 27.9 Å². The number of halogens is 2. The van der Waals surface area contributed by atoms with E-state index in [0.717, 1.165) is 24.1 Å². The molecule has 2 aromatic carbocycles. The molecular formula is C18H21Cl2NO3. The molecule has 0 saturated heterocycles. The second-order valence-electron chi connectivity index (χ2n) is 5.20. The quantitative estimate of drug-likeness (QED) is 0.702. The molecule has 0 aliphatic heterocycles. The van der Waals surface area contributed by atoms with Gasteiger partial charge in [0.25, 0.3) is 0 Å². The molecule has 0 unspecified atom stereocenters. The van der Waals surface area contributed by atoms with E-state index in [-0.39, 0.29) is 0 Å². The van der Waals surface area contributed by atoms with E-state index in [0.29, 0.717) is 33.8 Å². The van der Waals surface area contributed by atoms with E-state index in [1.165, 1.54) is 0 Å². The van der Waals surface area contributed by atoms with Gasteiger partial charge in [0.05, 0.1) is 21.3 Å². The monoisotopic (exact) mass is 369 g/mol. The van der Waals surface area contributed by atoms with Gasteiger partial charge < -0.3 is 19.5 Å². The highest BCUT2D eigenvalue weighted by Gasteiger charge is 2.12. The molecule has 24 heavy (non-hydrogen) atoms. The van der Waals surface area contributed by atoms with E-state index in [9.17, 15) is 0 Å². The average Bonchev–Trinajstić information content (AvgIpc) is 2.59. The molecule has 4 nitrogen and oxygen atoms in total. The van der Waals surface area contributed by atoms with Gasteiger partial charge in [0.1, 0.15) is 0 Å². The minimum absolute atomic E-state index is 0.594. The zero-order valence-electron chi connectivity index (χ0n) is 14.0. The second kappa shape index (κ2) is 9.02. The lowest BCUT2D eigenvalue weighted by molar-refractivity contribution is 0.323. The summed E-state index contributed by atoms with van der Waals surface area (Å²) in [5.41, 5.74) is 2.12. The second-order valence-corrected chi connectivity index (χ2v) is 6.04. The highest BCUT2D eigenvalue weighted by Crippen LogP contribution is 2.38. The molecule has 2 aromatic rings. The summed E-state index contributed by atoms with van der Waals surface area (Å²) in [6, 6.07) is 9.43. The maximum Gasteiger partial charge on any atom is 0.203 e. The van der Waals surface area contributed by atoms with Gasteiger partial charge in [-0.3, -0.25) is 0 Å². The third-order valence-electron chi connectivity index (χ3n) is 3.64. The molecule has 0 radical (unpaired) electrons. The summed E-state index contributed by atoms with van der Waals surface area (Å²) in [4.78, 5) is 0. The lowest BCUT2D eigenvalue weighted by Crippen LogP contribution is -2.17. The largest absolute Gasteiger partial charge is 0.493 e. The lowest BCUT2D eigenvalue weighted by atomic mass is 10.1. The lowest BCUT2D eigenvalue weighted by Gasteiger charge is -2.14. The SMILES string of the molecule is COc1cc(CNCCc2ccc(Cl)cc2Cl)cc(OC)c1OC. The fraction of sp³-hybridized carbons (Fsp3) is 0.333. The van der Waals surface area contributed by atoms with Crippen molar-refractivity contribution in [1.82, 2.24) is 5.32 Å². The molecule has 6 heteroatoms. The van der Waals surface area contributed by atoms with Gasteiger partial charge in [0, 0.05) is 16.6 Å². The maximum atomic E-state index is 6.18. The van der Waals surface area contributed by atoms with Gasteiger partial charge in [-0.1, -0.05) is 29.3 Å². The molecule has 0 bridgehead atoms. The third kappa shape index (κ3) is 4.69. The Balaban J connectivity index is 1.96. The first-order valence-electron chi connectivity index (χ1n) is 7.52. The van der Waals surface area contributed by atoms with Crippen LogP contribution >= 0.6 is 23.2 Å². The Morgan fingerprint density at radius 3 is 2.12 bits per heavy atom. The van der Waals surface area contributed by atoms with Crippen LogP contribution in [0.5, 0.6) is 17.2 Å². The van der Waals surface area contributed by atoms with Crippen molar-refractivity contribution >= 4 is 23.2 Å². The van der Waals surface area contributed by atoms with Crippen LogP contribution in [-0.2, 0) is 13.0 Å². The van der Waals surface area contributed by atoms with Crippen LogP contribution in [0.25, 0.3) is 0 Å². The molecule has 130 valence electrons. The summed E-state index contributed by atoms with van der Waals surface area (Å²) in [5, 5.41) is 4.73. The molecule has 0 heterocycles. The highest BCUT2D eigenvalue weighted by atomic mass is 35.5. The van der Waals surface area contributed by atoms with Crippen LogP contribution in [0, 0.1) is 0 Å². The predicted molar refractivity (Wildman–Crippen MR) is 98.0 cm³/mol. The Hall–Kier alpha value is -1.62. The number of rotatable bonds is 8. The standard InChI is InChI=1S/C18H21Cl2NO3/c1-22-16-8-12(9-17(23-2)18(16)24-3)11-21-7-6-13-4-5-14(19)10-15(13)20/h4-5,8-10,21H,6-7,11H2,1-3H3. The molecule has 0 aromatic heterocycles. The molecule has 0 aliphatic carbocycles. The van der Waals surface area contributed by atoms with Crippen LogP contribution in [0.15, 0.2) is 30.3 Å². The topological polar surface area (TPSA) is 39.7 Å². The van der Waals surface area contributed by atoms with Crippen molar-refractivity contribution in [3.05, 3.63) is 51.5 Å². The van der Waals surface area contributed by atoms with Crippen LogP contribution in [-0.4, -0.2) is 27.9 Å². The van der Waals surface area contributed by atoms with E-state index in [4.69, 9.17) is 37.4 Å². The molecular weight excluding hydrogens is 349 g/mol. The van der Waals surface area contributed by atoms with Gasteiger partial charge in [-0.05, 0) is 48.4 Å². The summed E-state index contributed by atoms with van der Waals surface area (Å²) in [5.74, 6) is 1.89. The molecule has 0 saturated carbocycles. The van der Waals surface area contributed by atoms with Gasteiger partial charge >= 0.3 is 0 Å². The summed E-state index contributed by atoms with van der Waals surface area (Å²) < 4.78 is 16.0. The Kier molecular flexibility index (Phi) is 7.03. The van der Waals surface area contributed by atoms with Gasteiger partial charge in [-0.2, -0.15) is 0 Å². The highest BCUT2D eigenvalue weighted by molar-refractivity contribution is 6.35. The fourth-order valence-corrected chi connectivity index (χ4v) is 2.92. The Morgan fingerprint density at radius 2 is 1.58 bits per heavy atom. The van der Waals surface area contributed by atoms with Gasteiger partial charge in [-0.25, -0.2) is 0 Å². The van der Waals surface area contributed by atoms with E-state index in [2.05, 4.69) is 5.32 Å².